The average Bonchev–Trinajstić information content (AvgIpc) is 2.67. The molecule has 1 amide bonds. The SMILES string of the molecule is C=CC(O)OC(COC(=O)NCCOC(C)=O)COc1cccc(CC)c1. The first-order chi connectivity index (χ1) is 12.9. The summed E-state index contributed by atoms with van der Waals surface area (Å²) in [5.74, 6) is 0.225. The Hall–Kier alpha value is -2.58. The van der Waals surface area contributed by atoms with Gasteiger partial charge in [-0.15, -0.1) is 0 Å². The Morgan fingerprint density at radius 1 is 1.30 bits per heavy atom. The highest BCUT2D eigenvalue weighted by molar-refractivity contribution is 5.67. The van der Waals surface area contributed by atoms with E-state index in [0.717, 1.165) is 12.0 Å². The molecule has 27 heavy (non-hydrogen) atoms. The molecule has 0 radical (unpaired) electrons. The first kappa shape index (κ1) is 22.5. The number of hydrogen-bond donors (Lipinski definition) is 2. The number of aliphatic hydroxyl groups is 1. The lowest BCUT2D eigenvalue weighted by atomic mass is 10.2. The molecule has 2 atom stereocenters. The number of ether oxygens (including phenoxy) is 4. The normalized spacial score (nSPS) is 12.6. The molecule has 0 aromatic heterocycles. The fourth-order valence-electron chi connectivity index (χ4n) is 1.99. The quantitative estimate of drug-likeness (QED) is 0.246. The molecule has 8 heteroatoms. The molecule has 2 N–H and O–H groups in total. The van der Waals surface area contributed by atoms with Crippen LogP contribution in [0.4, 0.5) is 4.79 Å². The van der Waals surface area contributed by atoms with Crippen LogP contribution in [0.5, 0.6) is 5.75 Å². The predicted octanol–water partition coefficient (Wildman–Crippen LogP) is 1.81. The summed E-state index contributed by atoms with van der Waals surface area (Å²) < 4.78 is 20.7. The Bertz CT molecular complexity index is 605. The number of alkyl carbamates (subject to hydrolysis) is 1. The van der Waals surface area contributed by atoms with Crippen LogP contribution in [0.1, 0.15) is 19.4 Å². The minimum Gasteiger partial charge on any atom is -0.491 e. The van der Waals surface area contributed by atoms with E-state index in [1.807, 2.05) is 31.2 Å². The lowest BCUT2D eigenvalue weighted by Gasteiger charge is -2.20. The number of nitrogens with one attached hydrogen (secondary N) is 1. The van der Waals surface area contributed by atoms with E-state index >= 15 is 0 Å². The number of amides is 1. The Balaban J connectivity index is 2.46. The third kappa shape index (κ3) is 10.2. The lowest BCUT2D eigenvalue weighted by molar-refractivity contribution is -0.140. The molecule has 0 saturated heterocycles. The van der Waals surface area contributed by atoms with Gasteiger partial charge in [0.25, 0.3) is 0 Å². The Morgan fingerprint density at radius 3 is 2.74 bits per heavy atom. The van der Waals surface area contributed by atoms with Gasteiger partial charge in [-0.2, -0.15) is 0 Å². The van der Waals surface area contributed by atoms with Gasteiger partial charge in [0.2, 0.25) is 0 Å². The van der Waals surface area contributed by atoms with Crippen LogP contribution in [0, 0.1) is 0 Å². The van der Waals surface area contributed by atoms with E-state index in [9.17, 15) is 14.7 Å². The highest BCUT2D eigenvalue weighted by Gasteiger charge is 2.17. The van der Waals surface area contributed by atoms with Crippen molar-refractivity contribution in [2.45, 2.75) is 32.7 Å². The molecule has 8 nitrogen and oxygen atoms in total. The lowest BCUT2D eigenvalue weighted by Crippen LogP contribution is -2.35. The second-order valence-electron chi connectivity index (χ2n) is 5.56. The molecule has 0 aliphatic rings. The van der Waals surface area contributed by atoms with Crippen LogP contribution in [0.2, 0.25) is 0 Å². The summed E-state index contributed by atoms with van der Waals surface area (Å²) in [6.45, 7) is 6.86. The summed E-state index contributed by atoms with van der Waals surface area (Å²) in [5, 5.41) is 12.0. The van der Waals surface area contributed by atoms with Crippen molar-refractivity contribution in [3.63, 3.8) is 0 Å². The average molecular weight is 381 g/mol. The van der Waals surface area contributed by atoms with Crippen molar-refractivity contribution in [2.75, 3.05) is 26.4 Å². The Kier molecular flexibility index (Phi) is 10.6. The first-order valence-electron chi connectivity index (χ1n) is 8.66. The van der Waals surface area contributed by atoms with Gasteiger partial charge in [-0.25, -0.2) is 4.79 Å². The van der Waals surface area contributed by atoms with E-state index in [-0.39, 0.29) is 26.4 Å². The van der Waals surface area contributed by atoms with Crippen molar-refractivity contribution in [1.82, 2.24) is 5.32 Å². The van der Waals surface area contributed by atoms with Crippen LogP contribution in [-0.2, 0) is 25.4 Å². The van der Waals surface area contributed by atoms with Crippen LogP contribution in [0.3, 0.4) is 0 Å². The van der Waals surface area contributed by atoms with E-state index in [1.165, 1.54) is 13.0 Å². The molecule has 0 heterocycles. The topological polar surface area (TPSA) is 103 Å². The molecule has 0 aliphatic carbocycles. The third-order valence-electron chi connectivity index (χ3n) is 3.35. The molecule has 0 spiro atoms. The summed E-state index contributed by atoms with van der Waals surface area (Å²) in [5.41, 5.74) is 1.12. The largest absolute Gasteiger partial charge is 0.491 e. The Morgan fingerprint density at radius 2 is 2.07 bits per heavy atom. The van der Waals surface area contributed by atoms with Gasteiger partial charge in [-0.3, -0.25) is 4.79 Å². The molecular formula is C19H27NO7. The highest BCUT2D eigenvalue weighted by atomic mass is 16.6. The van der Waals surface area contributed by atoms with Crippen molar-refractivity contribution < 1.29 is 33.6 Å². The minimum atomic E-state index is -1.21. The maximum Gasteiger partial charge on any atom is 0.407 e. The van der Waals surface area contributed by atoms with Gasteiger partial charge in [0.05, 0.1) is 6.54 Å². The van der Waals surface area contributed by atoms with Crippen LogP contribution in [0.25, 0.3) is 0 Å². The maximum atomic E-state index is 11.7. The van der Waals surface area contributed by atoms with Gasteiger partial charge in [0.1, 0.15) is 31.7 Å². The summed E-state index contributed by atoms with van der Waals surface area (Å²) in [4.78, 5) is 22.3. The van der Waals surface area contributed by atoms with Crippen molar-refractivity contribution in [3.8, 4) is 5.75 Å². The number of benzene rings is 1. The molecule has 150 valence electrons. The van der Waals surface area contributed by atoms with Gasteiger partial charge in [-0.1, -0.05) is 25.6 Å². The third-order valence-corrected chi connectivity index (χ3v) is 3.35. The Labute approximate surface area is 159 Å². The second-order valence-corrected chi connectivity index (χ2v) is 5.56. The van der Waals surface area contributed by atoms with Crippen LogP contribution in [-0.4, -0.2) is 55.9 Å². The molecule has 0 bridgehead atoms. The number of hydrogen-bond acceptors (Lipinski definition) is 7. The van der Waals surface area contributed by atoms with E-state index in [0.29, 0.717) is 5.75 Å². The minimum absolute atomic E-state index is 0.0520. The van der Waals surface area contributed by atoms with Crippen LogP contribution in [0.15, 0.2) is 36.9 Å². The predicted molar refractivity (Wildman–Crippen MR) is 98.4 cm³/mol. The van der Waals surface area contributed by atoms with E-state index in [4.69, 9.17) is 18.9 Å². The zero-order valence-electron chi connectivity index (χ0n) is 15.7. The smallest absolute Gasteiger partial charge is 0.407 e. The van der Waals surface area contributed by atoms with E-state index < -0.39 is 24.5 Å². The molecule has 1 aromatic carbocycles. The number of aliphatic hydroxyl groups excluding tert-OH is 1. The first-order valence-corrected chi connectivity index (χ1v) is 8.66. The van der Waals surface area contributed by atoms with E-state index in [2.05, 4.69) is 11.9 Å². The maximum absolute atomic E-state index is 11.7. The molecule has 0 saturated carbocycles. The zero-order valence-corrected chi connectivity index (χ0v) is 15.7. The number of esters is 1. The number of aryl methyl sites for hydroxylation is 1. The van der Waals surface area contributed by atoms with Gasteiger partial charge in [-0.05, 0) is 30.2 Å². The van der Waals surface area contributed by atoms with Gasteiger partial charge in [0.15, 0.2) is 6.29 Å². The van der Waals surface area contributed by atoms with Crippen LogP contribution < -0.4 is 10.1 Å². The highest BCUT2D eigenvalue weighted by Crippen LogP contribution is 2.14. The molecular weight excluding hydrogens is 354 g/mol. The van der Waals surface area contributed by atoms with Gasteiger partial charge < -0.3 is 29.4 Å². The standard InChI is InChI=1S/C19H27NO7/c1-4-15-7-6-8-16(11-15)25-12-17(27-18(22)5-2)13-26-19(23)20-9-10-24-14(3)21/h5-8,11,17-18,22H,2,4,9-10,12-13H2,1,3H3,(H,20,23). The fraction of sp³-hybridized carbons (Fsp3) is 0.474. The molecule has 1 rings (SSSR count). The second kappa shape index (κ2) is 12.7. The summed E-state index contributed by atoms with van der Waals surface area (Å²) in [6, 6.07) is 7.59. The summed E-state index contributed by atoms with van der Waals surface area (Å²) in [6.07, 6.45) is -0.525. The number of carbonyl (C=O) groups is 2. The van der Waals surface area contributed by atoms with Crippen LogP contribution >= 0.6 is 0 Å². The summed E-state index contributed by atoms with van der Waals surface area (Å²) in [7, 11) is 0. The number of rotatable bonds is 12. The van der Waals surface area contributed by atoms with Crippen molar-refractivity contribution in [2.24, 2.45) is 0 Å². The van der Waals surface area contributed by atoms with Crippen molar-refractivity contribution in [1.29, 1.82) is 0 Å². The molecule has 1 aromatic rings. The van der Waals surface area contributed by atoms with Gasteiger partial charge in [0, 0.05) is 6.92 Å². The molecule has 2 unspecified atom stereocenters. The van der Waals surface area contributed by atoms with Crippen molar-refractivity contribution in [3.05, 3.63) is 42.5 Å². The monoisotopic (exact) mass is 381 g/mol. The van der Waals surface area contributed by atoms with Crippen molar-refractivity contribution >= 4 is 12.1 Å². The number of carbonyl (C=O) groups excluding carboxylic acids is 2. The summed E-state index contributed by atoms with van der Waals surface area (Å²) >= 11 is 0. The van der Waals surface area contributed by atoms with Gasteiger partial charge >= 0.3 is 12.1 Å². The zero-order chi connectivity index (χ0) is 20.1. The fourth-order valence-corrected chi connectivity index (χ4v) is 1.99. The van der Waals surface area contributed by atoms with E-state index in [1.54, 1.807) is 0 Å². The molecule has 0 aliphatic heterocycles. The molecule has 0 fully saturated rings.